The van der Waals surface area contributed by atoms with E-state index in [1.165, 1.54) is 4.88 Å². The maximum absolute atomic E-state index is 12.4. The first-order chi connectivity index (χ1) is 12.1. The minimum Gasteiger partial charge on any atom is -0.349 e. The molecule has 0 unspecified atom stereocenters. The molecular weight excluding hydrogens is 334 g/mol. The van der Waals surface area contributed by atoms with Crippen molar-refractivity contribution in [2.75, 3.05) is 6.54 Å². The third-order valence-electron chi connectivity index (χ3n) is 4.73. The van der Waals surface area contributed by atoms with E-state index in [0.29, 0.717) is 16.8 Å². The molecule has 0 saturated heterocycles. The van der Waals surface area contributed by atoms with Gasteiger partial charge >= 0.3 is 0 Å². The SMILES string of the molecule is C[C@H](CNC(=O)c1nc2sc3c(c2c(=O)[nH]1)CCC3)c1ccccc1. The van der Waals surface area contributed by atoms with Crippen LogP contribution in [0.25, 0.3) is 10.2 Å². The third kappa shape index (κ3) is 2.98. The molecule has 0 saturated carbocycles. The van der Waals surface area contributed by atoms with Gasteiger partial charge in [0.2, 0.25) is 5.82 Å². The number of hydrogen-bond donors (Lipinski definition) is 2. The van der Waals surface area contributed by atoms with Gasteiger partial charge in [0.15, 0.2) is 0 Å². The van der Waals surface area contributed by atoms with E-state index in [9.17, 15) is 9.59 Å². The van der Waals surface area contributed by atoms with Gasteiger partial charge in [-0.25, -0.2) is 4.98 Å². The normalized spacial score (nSPS) is 14.4. The molecule has 4 rings (SSSR count). The summed E-state index contributed by atoms with van der Waals surface area (Å²) in [5, 5.41) is 3.54. The molecule has 3 aromatic rings. The quantitative estimate of drug-likeness (QED) is 0.757. The molecule has 1 aromatic carbocycles. The predicted molar refractivity (Wildman–Crippen MR) is 99.5 cm³/mol. The molecule has 5 nitrogen and oxygen atoms in total. The lowest BCUT2D eigenvalue weighted by atomic mass is 10.0. The molecule has 0 radical (unpaired) electrons. The van der Waals surface area contributed by atoms with Crippen LogP contribution < -0.4 is 10.9 Å². The first-order valence-electron chi connectivity index (χ1n) is 8.51. The lowest BCUT2D eigenvalue weighted by Gasteiger charge is -2.12. The van der Waals surface area contributed by atoms with Crippen LogP contribution in [0.15, 0.2) is 35.1 Å². The average molecular weight is 353 g/mol. The fourth-order valence-electron chi connectivity index (χ4n) is 3.34. The molecule has 1 amide bonds. The van der Waals surface area contributed by atoms with Gasteiger partial charge in [0.05, 0.1) is 5.39 Å². The molecule has 0 spiro atoms. The van der Waals surface area contributed by atoms with Crippen molar-refractivity contribution in [3.63, 3.8) is 0 Å². The van der Waals surface area contributed by atoms with E-state index < -0.39 is 0 Å². The molecule has 6 heteroatoms. The Hall–Kier alpha value is -2.47. The van der Waals surface area contributed by atoms with Gasteiger partial charge in [0, 0.05) is 11.4 Å². The van der Waals surface area contributed by atoms with E-state index in [1.54, 1.807) is 11.3 Å². The highest BCUT2D eigenvalue weighted by molar-refractivity contribution is 7.18. The van der Waals surface area contributed by atoms with Crippen LogP contribution in [0.1, 0.15) is 45.9 Å². The summed E-state index contributed by atoms with van der Waals surface area (Å²) in [6.07, 6.45) is 3.03. The fraction of sp³-hybridized carbons (Fsp3) is 0.316. The zero-order valence-electron chi connectivity index (χ0n) is 14.0. The summed E-state index contributed by atoms with van der Waals surface area (Å²) in [5.41, 5.74) is 2.08. The number of fused-ring (bicyclic) bond motifs is 3. The summed E-state index contributed by atoms with van der Waals surface area (Å²) >= 11 is 1.54. The van der Waals surface area contributed by atoms with Gasteiger partial charge in [-0.2, -0.15) is 0 Å². The molecular formula is C19H19N3O2S. The Kier molecular flexibility index (Phi) is 4.13. The van der Waals surface area contributed by atoms with Gasteiger partial charge in [-0.3, -0.25) is 9.59 Å². The van der Waals surface area contributed by atoms with Crippen LogP contribution in [0.4, 0.5) is 0 Å². The van der Waals surface area contributed by atoms with Crippen molar-refractivity contribution in [1.82, 2.24) is 15.3 Å². The molecule has 2 N–H and O–H groups in total. The number of carbonyl (C=O) groups is 1. The van der Waals surface area contributed by atoms with Crippen molar-refractivity contribution in [1.29, 1.82) is 0 Å². The van der Waals surface area contributed by atoms with Crippen LogP contribution >= 0.6 is 11.3 Å². The second-order valence-corrected chi connectivity index (χ2v) is 7.56. The zero-order chi connectivity index (χ0) is 17.4. The minimum absolute atomic E-state index is 0.0951. The van der Waals surface area contributed by atoms with Gasteiger partial charge in [-0.15, -0.1) is 11.3 Å². The number of aryl methyl sites for hydroxylation is 2. The summed E-state index contributed by atoms with van der Waals surface area (Å²) < 4.78 is 0. The topological polar surface area (TPSA) is 74.8 Å². The highest BCUT2D eigenvalue weighted by atomic mass is 32.1. The van der Waals surface area contributed by atoms with Gasteiger partial charge in [0.1, 0.15) is 4.83 Å². The zero-order valence-corrected chi connectivity index (χ0v) is 14.8. The molecule has 2 heterocycles. The summed E-state index contributed by atoms with van der Waals surface area (Å²) in [5.74, 6) is -0.0563. The molecule has 2 aromatic heterocycles. The van der Waals surface area contributed by atoms with Crippen LogP contribution in [-0.2, 0) is 12.8 Å². The van der Waals surface area contributed by atoms with Crippen LogP contribution in [0.5, 0.6) is 0 Å². The maximum atomic E-state index is 12.4. The predicted octanol–water partition coefficient (Wildman–Crippen LogP) is 3.01. The number of aromatic amines is 1. The van der Waals surface area contributed by atoms with Crippen molar-refractivity contribution in [2.45, 2.75) is 32.1 Å². The van der Waals surface area contributed by atoms with Gasteiger partial charge in [-0.05, 0) is 36.3 Å². The number of rotatable bonds is 4. The first-order valence-corrected chi connectivity index (χ1v) is 9.33. The maximum Gasteiger partial charge on any atom is 0.287 e. The summed E-state index contributed by atoms with van der Waals surface area (Å²) in [6.45, 7) is 2.55. The van der Waals surface area contributed by atoms with Gasteiger partial charge in [-0.1, -0.05) is 37.3 Å². The van der Waals surface area contributed by atoms with Crippen LogP contribution in [0, 0.1) is 0 Å². The number of hydrogen-bond acceptors (Lipinski definition) is 4. The van der Waals surface area contributed by atoms with E-state index in [0.717, 1.165) is 30.4 Å². The molecule has 0 fully saturated rings. The molecule has 128 valence electrons. The van der Waals surface area contributed by atoms with Crippen LogP contribution in [0.3, 0.4) is 0 Å². The second kappa shape index (κ2) is 6.44. The van der Waals surface area contributed by atoms with Crippen LogP contribution in [-0.4, -0.2) is 22.4 Å². The Morgan fingerprint density at radius 3 is 2.92 bits per heavy atom. The largest absolute Gasteiger partial charge is 0.349 e. The van der Waals surface area contributed by atoms with Gasteiger partial charge < -0.3 is 10.3 Å². The Labute approximate surface area is 149 Å². The number of carbonyl (C=O) groups excluding carboxylic acids is 1. The summed E-state index contributed by atoms with van der Waals surface area (Å²) in [4.78, 5) is 33.8. The van der Waals surface area contributed by atoms with E-state index in [2.05, 4.69) is 22.2 Å². The van der Waals surface area contributed by atoms with Crippen LogP contribution in [0.2, 0.25) is 0 Å². The number of nitrogens with one attached hydrogen (secondary N) is 2. The number of nitrogens with zero attached hydrogens (tertiary/aromatic N) is 1. The van der Waals surface area contributed by atoms with Crippen molar-refractivity contribution in [3.05, 3.63) is 62.5 Å². The number of amides is 1. The lowest BCUT2D eigenvalue weighted by Crippen LogP contribution is -2.30. The number of H-pyrrole nitrogens is 1. The first kappa shape index (κ1) is 16.0. The Balaban J connectivity index is 1.53. The molecule has 1 atom stereocenters. The molecule has 1 aliphatic rings. The van der Waals surface area contributed by atoms with Gasteiger partial charge in [0.25, 0.3) is 11.5 Å². The molecule has 0 bridgehead atoms. The fourth-order valence-corrected chi connectivity index (χ4v) is 4.60. The van der Waals surface area contributed by atoms with Crippen molar-refractivity contribution in [3.8, 4) is 0 Å². The highest BCUT2D eigenvalue weighted by Gasteiger charge is 2.22. The van der Waals surface area contributed by atoms with Crippen molar-refractivity contribution >= 4 is 27.5 Å². The van der Waals surface area contributed by atoms with E-state index >= 15 is 0 Å². The average Bonchev–Trinajstić information content (AvgIpc) is 3.20. The summed E-state index contributed by atoms with van der Waals surface area (Å²) in [6, 6.07) is 10.0. The highest BCUT2D eigenvalue weighted by Crippen LogP contribution is 2.34. The third-order valence-corrected chi connectivity index (χ3v) is 5.91. The van der Waals surface area contributed by atoms with E-state index in [1.807, 2.05) is 30.3 Å². The monoisotopic (exact) mass is 353 g/mol. The molecule has 1 aliphatic carbocycles. The Bertz CT molecular complexity index is 991. The van der Waals surface area contributed by atoms with E-state index in [4.69, 9.17) is 0 Å². The van der Waals surface area contributed by atoms with Crippen molar-refractivity contribution < 1.29 is 4.79 Å². The number of benzene rings is 1. The number of aromatic nitrogens is 2. The second-order valence-electron chi connectivity index (χ2n) is 6.47. The van der Waals surface area contributed by atoms with E-state index in [-0.39, 0.29) is 23.2 Å². The summed E-state index contributed by atoms with van der Waals surface area (Å²) in [7, 11) is 0. The molecule has 0 aliphatic heterocycles. The Morgan fingerprint density at radius 1 is 1.32 bits per heavy atom. The standard InChI is InChI=1S/C19H19N3O2S/c1-11(12-6-3-2-4-7-12)10-20-18(24)16-21-17(23)15-13-8-5-9-14(13)25-19(15)22-16/h2-4,6-7,11H,5,8-10H2,1H3,(H,20,24)(H,21,22,23)/t11-/m1/s1. The minimum atomic E-state index is -0.338. The molecule has 25 heavy (non-hydrogen) atoms. The Morgan fingerprint density at radius 2 is 2.12 bits per heavy atom. The smallest absolute Gasteiger partial charge is 0.287 e. The lowest BCUT2D eigenvalue weighted by molar-refractivity contribution is 0.0941. The van der Waals surface area contributed by atoms with Crippen molar-refractivity contribution in [2.24, 2.45) is 0 Å². The number of thiophene rings is 1.